The van der Waals surface area contributed by atoms with Gasteiger partial charge < -0.3 is 5.73 Å². The number of hydrogen-bond donors (Lipinski definition) is 1. The van der Waals surface area contributed by atoms with E-state index in [4.69, 9.17) is 5.73 Å². The van der Waals surface area contributed by atoms with Crippen LogP contribution in [0.25, 0.3) is 0 Å². The number of nitrogens with two attached hydrogens (primary N) is 1. The van der Waals surface area contributed by atoms with Crippen LogP contribution in [0.5, 0.6) is 0 Å². The minimum Gasteiger partial charge on any atom is -0.330 e. The van der Waals surface area contributed by atoms with E-state index >= 15 is 0 Å². The van der Waals surface area contributed by atoms with Gasteiger partial charge in [-0.1, -0.05) is 48.5 Å². The molecule has 2 N–H and O–H groups in total. The fraction of sp³-hybridized carbons (Fsp3) is 0.368. The Morgan fingerprint density at radius 2 is 1.38 bits per heavy atom. The van der Waals surface area contributed by atoms with Gasteiger partial charge in [0.25, 0.3) is 0 Å². The molecule has 0 spiro atoms. The van der Waals surface area contributed by atoms with Crippen molar-refractivity contribution in [1.29, 1.82) is 0 Å². The molecule has 110 valence electrons. The molecule has 0 aliphatic carbocycles. The first kappa shape index (κ1) is 14.3. The molecular weight excluding hydrogens is 256 g/mol. The number of nitrogens with zero attached hydrogens (tertiary/aromatic N) is 1. The smallest absolute Gasteiger partial charge is 0.0236 e. The number of rotatable bonds is 4. The predicted octanol–water partition coefficient (Wildman–Crippen LogP) is 2.79. The van der Waals surface area contributed by atoms with Crippen LogP contribution in [0.1, 0.15) is 22.3 Å². The third-order valence-corrected chi connectivity index (χ3v) is 4.44. The quantitative estimate of drug-likeness (QED) is 0.933. The van der Waals surface area contributed by atoms with Gasteiger partial charge in [0.15, 0.2) is 0 Å². The Kier molecular flexibility index (Phi) is 4.69. The summed E-state index contributed by atoms with van der Waals surface area (Å²) < 4.78 is 0. The SMILES string of the molecule is NCCc1ccccc1CN1CCc2ccccc2CC1. The van der Waals surface area contributed by atoms with Crippen molar-refractivity contribution in [3.05, 3.63) is 70.8 Å². The highest BCUT2D eigenvalue weighted by atomic mass is 15.1. The van der Waals surface area contributed by atoms with Crippen LogP contribution in [0.15, 0.2) is 48.5 Å². The highest BCUT2D eigenvalue weighted by molar-refractivity contribution is 5.30. The van der Waals surface area contributed by atoms with Crippen molar-refractivity contribution >= 4 is 0 Å². The van der Waals surface area contributed by atoms with Gasteiger partial charge in [0.1, 0.15) is 0 Å². The molecule has 2 aromatic rings. The molecule has 21 heavy (non-hydrogen) atoms. The van der Waals surface area contributed by atoms with Gasteiger partial charge in [0.2, 0.25) is 0 Å². The van der Waals surface area contributed by atoms with E-state index in [0.29, 0.717) is 0 Å². The minimum atomic E-state index is 0.725. The van der Waals surface area contributed by atoms with Gasteiger partial charge in [-0.3, -0.25) is 4.90 Å². The number of hydrogen-bond acceptors (Lipinski definition) is 2. The summed E-state index contributed by atoms with van der Waals surface area (Å²) in [6.45, 7) is 4.06. The zero-order valence-electron chi connectivity index (χ0n) is 12.6. The van der Waals surface area contributed by atoms with E-state index in [-0.39, 0.29) is 0 Å². The Balaban J connectivity index is 1.70. The summed E-state index contributed by atoms with van der Waals surface area (Å²) in [6.07, 6.45) is 3.30. The normalized spacial score (nSPS) is 15.5. The second-order valence-corrected chi connectivity index (χ2v) is 5.85. The lowest BCUT2D eigenvalue weighted by Crippen LogP contribution is -2.26. The standard InChI is InChI=1S/C19H24N2/c20-12-9-16-5-3-4-8-19(16)15-21-13-10-17-6-1-2-7-18(17)11-14-21/h1-8H,9-15,20H2. The molecule has 2 aromatic carbocycles. The van der Waals surface area contributed by atoms with Crippen molar-refractivity contribution in [2.24, 2.45) is 5.73 Å². The third-order valence-electron chi connectivity index (χ3n) is 4.44. The van der Waals surface area contributed by atoms with Crippen LogP contribution in [0.4, 0.5) is 0 Å². The van der Waals surface area contributed by atoms with E-state index in [1.165, 1.54) is 22.3 Å². The number of benzene rings is 2. The molecule has 0 aromatic heterocycles. The summed E-state index contributed by atoms with van der Waals surface area (Å²) >= 11 is 0. The molecule has 0 amide bonds. The summed E-state index contributed by atoms with van der Waals surface area (Å²) in [5, 5.41) is 0. The predicted molar refractivity (Wildman–Crippen MR) is 88.3 cm³/mol. The third kappa shape index (κ3) is 3.52. The van der Waals surface area contributed by atoms with Crippen molar-refractivity contribution in [2.45, 2.75) is 25.8 Å². The first-order valence-corrected chi connectivity index (χ1v) is 7.93. The van der Waals surface area contributed by atoms with Crippen LogP contribution in [-0.4, -0.2) is 24.5 Å². The van der Waals surface area contributed by atoms with Gasteiger partial charge in [-0.15, -0.1) is 0 Å². The Morgan fingerprint density at radius 1 is 0.810 bits per heavy atom. The largest absolute Gasteiger partial charge is 0.330 e. The maximum Gasteiger partial charge on any atom is 0.0236 e. The van der Waals surface area contributed by atoms with Gasteiger partial charge in [0, 0.05) is 19.6 Å². The van der Waals surface area contributed by atoms with Crippen molar-refractivity contribution < 1.29 is 0 Å². The van der Waals surface area contributed by atoms with E-state index in [2.05, 4.69) is 53.4 Å². The maximum absolute atomic E-state index is 5.73. The van der Waals surface area contributed by atoms with Gasteiger partial charge in [0.05, 0.1) is 0 Å². The molecule has 0 bridgehead atoms. The molecule has 0 saturated carbocycles. The van der Waals surface area contributed by atoms with E-state index in [1.54, 1.807) is 0 Å². The first-order chi connectivity index (χ1) is 10.4. The van der Waals surface area contributed by atoms with Crippen molar-refractivity contribution in [2.75, 3.05) is 19.6 Å². The van der Waals surface area contributed by atoms with E-state index in [1.807, 2.05) is 0 Å². The zero-order chi connectivity index (χ0) is 14.5. The second-order valence-electron chi connectivity index (χ2n) is 5.85. The lowest BCUT2D eigenvalue weighted by Gasteiger charge is -2.21. The minimum absolute atomic E-state index is 0.725. The Labute approximate surface area is 127 Å². The van der Waals surface area contributed by atoms with Crippen molar-refractivity contribution in [3.8, 4) is 0 Å². The average Bonchev–Trinajstić information content (AvgIpc) is 2.72. The highest BCUT2D eigenvalue weighted by Crippen LogP contribution is 2.18. The fourth-order valence-electron chi connectivity index (χ4n) is 3.22. The Bertz CT molecular complexity index is 565. The van der Waals surface area contributed by atoms with Crippen LogP contribution in [0, 0.1) is 0 Å². The maximum atomic E-state index is 5.73. The summed E-state index contributed by atoms with van der Waals surface area (Å²) in [5.74, 6) is 0. The molecule has 1 heterocycles. The van der Waals surface area contributed by atoms with E-state index in [9.17, 15) is 0 Å². The van der Waals surface area contributed by atoms with Gasteiger partial charge >= 0.3 is 0 Å². The zero-order valence-corrected chi connectivity index (χ0v) is 12.6. The molecule has 2 heteroatoms. The molecule has 0 saturated heterocycles. The van der Waals surface area contributed by atoms with Gasteiger partial charge in [-0.25, -0.2) is 0 Å². The molecule has 2 nitrogen and oxygen atoms in total. The number of fused-ring (bicyclic) bond motifs is 1. The summed E-state index contributed by atoms with van der Waals surface area (Å²) in [4.78, 5) is 2.58. The molecule has 3 rings (SSSR count). The fourth-order valence-corrected chi connectivity index (χ4v) is 3.22. The molecular formula is C19H24N2. The highest BCUT2D eigenvalue weighted by Gasteiger charge is 2.14. The molecule has 0 unspecified atom stereocenters. The Morgan fingerprint density at radius 3 is 2.00 bits per heavy atom. The van der Waals surface area contributed by atoms with Crippen LogP contribution in [-0.2, 0) is 25.8 Å². The topological polar surface area (TPSA) is 29.3 Å². The lowest BCUT2D eigenvalue weighted by molar-refractivity contribution is 0.278. The summed E-state index contributed by atoms with van der Waals surface area (Å²) in [5.41, 5.74) is 11.6. The van der Waals surface area contributed by atoms with Crippen LogP contribution in [0.3, 0.4) is 0 Å². The molecule has 1 aliphatic heterocycles. The molecule has 0 atom stereocenters. The average molecular weight is 280 g/mol. The second kappa shape index (κ2) is 6.88. The van der Waals surface area contributed by atoms with Crippen molar-refractivity contribution in [1.82, 2.24) is 4.90 Å². The molecule has 1 aliphatic rings. The summed E-state index contributed by atoms with van der Waals surface area (Å²) in [6, 6.07) is 17.6. The monoisotopic (exact) mass is 280 g/mol. The summed E-state index contributed by atoms with van der Waals surface area (Å²) in [7, 11) is 0. The van der Waals surface area contributed by atoms with Crippen LogP contribution >= 0.6 is 0 Å². The lowest BCUT2D eigenvalue weighted by atomic mass is 10.0. The van der Waals surface area contributed by atoms with Crippen LogP contribution < -0.4 is 5.73 Å². The first-order valence-electron chi connectivity index (χ1n) is 7.93. The van der Waals surface area contributed by atoms with Gasteiger partial charge in [-0.2, -0.15) is 0 Å². The Hall–Kier alpha value is -1.64. The van der Waals surface area contributed by atoms with Gasteiger partial charge in [-0.05, 0) is 48.1 Å². The van der Waals surface area contributed by atoms with E-state index < -0.39 is 0 Å². The molecule has 0 fully saturated rings. The molecule has 0 radical (unpaired) electrons. The van der Waals surface area contributed by atoms with Crippen LogP contribution in [0.2, 0.25) is 0 Å². The van der Waals surface area contributed by atoms with Crippen molar-refractivity contribution in [3.63, 3.8) is 0 Å². The van der Waals surface area contributed by atoms with E-state index in [0.717, 1.165) is 45.4 Å².